The number of hydrogen-bond acceptors (Lipinski definition) is 4. The number of rotatable bonds is 5. The SMILES string of the molecule is Cc1ccc(NC(=O)Cc2csc(NC(=O)Nc3cccc(Cl)c3)n2)cc1Cl. The third-order valence-electron chi connectivity index (χ3n) is 3.65. The molecule has 0 aliphatic carbocycles. The van der Waals surface area contributed by atoms with Crippen LogP contribution in [0.5, 0.6) is 0 Å². The van der Waals surface area contributed by atoms with Gasteiger partial charge in [0.1, 0.15) is 0 Å². The summed E-state index contributed by atoms with van der Waals surface area (Å²) in [6.45, 7) is 1.89. The van der Waals surface area contributed by atoms with Crippen LogP contribution in [-0.4, -0.2) is 16.9 Å². The lowest BCUT2D eigenvalue weighted by molar-refractivity contribution is -0.115. The third-order valence-corrected chi connectivity index (χ3v) is 5.10. The highest BCUT2D eigenvalue weighted by molar-refractivity contribution is 7.14. The Hall–Kier alpha value is -2.61. The predicted octanol–water partition coefficient (Wildman–Crippen LogP) is 5.58. The molecule has 0 saturated heterocycles. The van der Waals surface area contributed by atoms with Gasteiger partial charge >= 0.3 is 6.03 Å². The molecule has 0 atom stereocenters. The molecule has 144 valence electrons. The normalized spacial score (nSPS) is 10.4. The van der Waals surface area contributed by atoms with Crippen molar-refractivity contribution in [1.82, 2.24) is 4.98 Å². The highest BCUT2D eigenvalue weighted by Crippen LogP contribution is 2.21. The molecule has 0 saturated carbocycles. The number of carbonyl (C=O) groups excluding carboxylic acids is 2. The van der Waals surface area contributed by atoms with Crippen LogP contribution < -0.4 is 16.0 Å². The zero-order valence-corrected chi connectivity index (χ0v) is 17.1. The van der Waals surface area contributed by atoms with Crippen LogP contribution >= 0.6 is 34.5 Å². The number of nitrogens with one attached hydrogen (secondary N) is 3. The Kier molecular flexibility index (Phi) is 6.51. The van der Waals surface area contributed by atoms with Gasteiger partial charge in [0, 0.05) is 26.8 Å². The molecule has 0 radical (unpaired) electrons. The van der Waals surface area contributed by atoms with Gasteiger partial charge in [-0.25, -0.2) is 9.78 Å². The van der Waals surface area contributed by atoms with E-state index in [4.69, 9.17) is 23.2 Å². The van der Waals surface area contributed by atoms with E-state index < -0.39 is 6.03 Å². The molecule has 0 aliphatic heterocycles. The monoisotopic (exact) mass is 434 g/mol. The van der Waals surface area contributed by atoms with Crippen LogP contribution in [0.25, 0.3) is 0 Å². The van der Waals surface area contributed by atoms with Crippen LogP contribution in [0.15, 0.2) is 47.8 Å². The molecular weight excluding hydrogens is 419 g/mol. The Labute approximate surface area is 175 Å². The van der Waals surface area contributed by atoms with Gasteiger partial charge in [-0.2, -0.15) is 0 Å². The number of hydrogen-bond donors (Lipinski definition) is 3. The van der Waals surface area contributed by atoms with Crippen molar-refractivity contribution in [2.24, 2.45) is 0 Å². The lowest BCUT2D eigenvalue weighted by Gasteiger charge is -2.06. The first-order chi connectivity index (χ1) is 13.4. The van der Waals surface area contributed by atoms with Gasteiger partial charge in [0.25, 0.3) is 0 Å². The molecule has 28 heavy (non-hydrogen) atoms. The van der Waals surface area contributed by atoms with Gasteiger partial charge in [0.15, 0.2) is 5.13 Å². The molecule has 1 aromatic heterocycles. The molecule has 0 aliphatic rings. The van der Waals surface area contributed by atoms with E-state index in [9.17, 15) is 9.59 Å². The number of urea groups is 1. The maximum Gasteiger partial charge on any atom is 0.325 e. The number of aromatic nitrogens is 1. The van der Waals surface area contributed by atoms with E-state index in [0.717, 1.165) is 5.56 Å². The smallest absolute Gasteiger partial charge is 0.325 e. The first-order valence-electron chi connectivity index (χ1n) is 8.23. The summed E-state index contributed by atoms with van der Waals surface area (Å²) in [6.07, 6.45) is 0.0829. The molecule has 6 nitrogen and oxygen atoms in total. The van der Waals surface area contributed by atoms with Crippen molar-refractivity contribution in [2.45, 2.75) is 13.3 Å². The standard InChI is InChI=1S/C19H16Cl2N4O2S/c1-11-5-6-14(8-16(11)21)22-17(26)9-15-10-28-19(24-15)25-18(27)23-13-4-2-3-12(20)7-13/h2-8,10H,9H2,1H3,(H,22,26)(H2,23,24,25,27). The Balaban J connectivity index is 1.53. The van der Waals surface area contributed by atoms with Gasteiger partial charge in [-0.3, -0.25) is 10.1 Å². The summed E-state index contributed by atoms with van der Waals surface area (Å²) in [6, 6.07) is 11.7. The minimum absolute atomic E-state index is 0.0829. The quantitative estimate of drug-likeness (QED) is 0.489. The number of carbonyl (C=O) groups is 2. The molecule has 0 spiro atoms. The molecule has 3 rings (SSSR count). The summed E-state index contributed by atoms with van der Waals surface area (Å²) in [5.41, 5.74) is 2.68. The van der Waals surface area contributed by atoms with Crippen LogP contribution in [0.3, 0.4) is 0 Å². The minimum atomic E-state index is -0.443. The average molecular weight is 435 g/mol. The summed E-state index contributed by atoms with van der Waals surface area (Å²) in [5.74, 6) is -0.222. The molecular formula is C19H16Cl2N4O2S. The summed E-state index contributed by atoms with van der Waals surface area (Å²) in [4.78, 5) is 28.5. The summed E-state index contributed by atoms with van der Waals surface area (Å²) in [5, 5.41) is 11.3. The van der Waals surface area contributed by atoms with Crippen molar-refractivity contribution >= 4 is 63.0 Å². The average Bonchev–Trinajstić information content (AvgIpc) is 3.04. The first kappa shape index (κ1) is 20.1. The van der Waals surface area contributed by atoms with E-state index in [1.54, 1.807) is 41.8 Å². The van der Waals surface area contributed by atoms with Gasteiger partial charge < -0.3 is 10.6 Å². The van der Waals surface area contributed by atoms with Gasteiger partial charge in [-0.15, -0.1) is 11.3 Å². The number of amides is 3. The van der Waals surface area contributed by atoms with Crippen LogP contribution in [0.2, 0.25) is 10.0 Å². The second-order valence-corrected chi connectivity index (χ2v) is 7.62. The number of benzene rings is 2. The summed E-state index contributed by atoms with van der Waals surface area (Å²) >= 11 is 13.2. The topological polar surface area (TPSA) is 83.1 Å². The zero-order valence-electron chi connectivity index (χ0n) is 14.8. The van der Waals surface area contributed by atoms with Crippen molar-refractivity contribution in [3.63, 3.8) is 0 Å². The van der Waals surface area contributed by atoms with E-state index in [0.29, 0.717) is 32.2 Å². The molecule has 0 bridgehead atoms. The molecule has 3 aromatic rings. The van der Waals surface area contributed by atoms with E-state index in [-0.39, 0.29) is 12.3 Å². The van der Waals surface area contributed by atoms with E-state index in [2.05, 4.69) is 20.9 Å². The van der Waals surface area contributed by atoms with Gasteiger partial charge in [0.2, 0.25) is 5.91 Å². The van der Waals surface area contributed by atoms with E-state index >= 15 is 0 Å². The lowest BCUT2D eigenvalue weighted by Crippen LogP contribution is -2.19. The number of anilines is 3. The van der Waals surface area contributed by atoms with Crippen molar-refractivity contribution in [3.05, 3.63) is 69.1 Å². The van der Waals surface area contributed by atoms with Crippen molar-refractivity contribution in [3.8, 4) is 0 Å². The number of halogens is 2. The fourth-order valence-corrected chi connectivity index (χ4v) is 3.39. The Morgan fingerprint density at radius 1 is 1.04 bits per heavy atom. The van der Waals surface area contributed by atoms with Crippen molar-refractivity contribution in [2.75, 3.05) is 16.0 Å². The number of aryl methyl sites for hydroxylation is 1. The fourth-order valence-electron chi connectivity index (χ4n) is 2.31. The van der Waals surface area contributed by atoms with Crippen molar-refractivity contribution in [1.29, 1.82) is 0 Å². The number of nitrogens with zero attached hydrogens (tertiary/aromatic N) is 1. The number of thiazole rings is 1. The van der Waals surface area contributed by atoms with Gasteiger partial charge in [0.05, 0.1) is 12.1 Å². The second kappa shape index (κ2) is 9.05. The van der Waals surface area contributed by atoms with Crippen LogP contribution in [0.4, 0.5) is 21.3 Å². The Morgan fingerprint density at radius 2 is 1.82 bits per heavy atom. The molecule has 3 amide bonds. The molecule has 0 unspecified atom stereocenters. The van der Waals surface area contributed by atoms with Crippen LogP contribution in [0, 0.1) is 6.92 Å². The predicted molar refractivity (Wildman–Crippen MR) is 115 cm³/mol. The molecule has 3 N–H and O–H groups in total. The summed E-state index contributed by atoms with van der Waals surface area (Å²) in [7, 11) is 0. The highest BCUT2D eigenvalue weighted by Gasteiger charge is 2.11. The van der Waals surface area contributed by atoms with E-state index in [1.807, 2.05) is 13.0 Å². The van der Waals surface area contributed by atoms with E-state index in [1.165, 1.54) is 11.3 Å². The van der Waals surface area contributed by atoms with Crippen LogP contribution in [0.1, 0.15) is 11.3 Å². The molecule has 1 heterocycles. The third kappa shape index (κ3) is 5.69. The van der Waals surface area contributed by atoms with Crippen LogP contribution in [-0.2, 0) is 11.2 Å². The second-order valence-electron chi connectivity index (χ2n) is 5.92. The summed E-state index contributed by atoms with van der Waals surface area (Å²) < 4.78 is 0. The molecule has 9 heteroatoms. The maximum atomic E-state index is 12.2. The Morgan fingerprint density at radius 3 is 2.57 bits per heavy atom. The molecule has 0 fully saturated rings. The minimum Gasteiger partial charge on any atom is -0.326 e. The Bertz CT molecular complexity index is 1020. The van der Waals surface area contributed by atoms with Gasteiger partial charge in [-0.1, -0.05) is 35.3 Å². The lowest BCUT2D eigenvalue weighted by atomic mass is 10.2. The fraction of sp³-hybridized carbons (Fsp3) is 0.105. The zero-order chi connectivity index (χ0) is 20.1. The first-order valence-corrected chi connectivity index (χ1v) is 9.86. The van der Waals surface area contributed by atoms with Gasteiger partial charge in [-0.05, 0) is 42.8 Å². The highest BCUT2D eigenvalue weighted by atomic mass is 35.5. The van der Waals surface area contributed by atoms with Crippen molar-refractivity contribution < 1.29 is 9.59 Å². The molecule has 2 aromatic carbocycles. The maximum absolute atomic E-state index is 12.2. The largest absolute Gasteiger partial charge is 0.326 e.